The van der Waals surface area contributed by atoms with Crippen molar-refractivity contribution in [1.29, 1.82) is 0 Å². The summed E-state index contributed by atoms with van der Waals surface area (Å²) in [5.41, 5.74) is 7.40. The average Bonchev–Trinajstić information content (AvgIpc) is 2.63. The number of amides is 1. The number of anilines is 2. The molecule has 1 aromatic rings. The van der Waals surface area contributed by atoms with Crippen molar-refractivity contribution in [3.05, 3.63) is 5.69 Å². The number of carbonyl (C=O) groups excluding carboxylic acids is 1. The molecule has 6 heteroatoms. The van der Waals surface area contributed by atoms with Crippen molar-refractivity contribution in [3.63, 3.8) is 0 Å². The Morgan fingerprint density at radius 3 is 2.72 bits per heavy atom. The van der Waals surface area contributed by atoms with Gasteiger partial charge in [0.15, 0.2) is 0 Å². The first-order valence-corrected chi connectivity index (χ1v) is 6.43. The Labute approximate surface area is 108 Å². The van der Waals surface area contributed by atoms with Gasteiger partial charge < -0.3 is 16.4 Å². The van der Waals surface area contributed by atoms with Crippen LogP contribution in [0.4, 0.5) is 11.5 Å². The van der Waals surface area contributed by atoms with E-state index in [0.29, 0.717) is 18.7 Å². The summed E-state index contributed by atoms with van der Waals surface area (Å²) >= 11 is 0. The van der Waals surface area contributed by atoms with Gasteiger partial charge in [-0.3, -0.25) is 4.79 Å². The van der Waals surface area contributed by atoms with E-state index in [0.717, 1.165) is 31.0 Å². The molecular formula is C12H23N5O. The van der Waals surface area contributed by atoms with E-state index < -0.39 is 0 Å². The summed E-state index contributed by atoms with van der Waals surface area (Å²) < 4.78 is 1.81. The number of carbonyl (C=O) groups is 1. The predicted octanol–water partition coefficient (Wildman–Crippen LogP) is 1.12. The lowest BCUT2D eigenvalue weighted by Gasteiger charge is -2.09. The van der Waals surface area contributed by atoms with Crippen LogP contribution < -0.4 is 16.4 Å². The number of nitrogens with two attached hydrogens (primary N) is 1. The van der Waals surface area contributed by atoms with E-state index in [9.17, 15) is 4.79 Å². The highest BCUT2D eigenvalue weighted by atomic mass is 16.1. The van der Waals surface area contributed by atoms with Gasteiger partial charge in [-0.05, 0) is 20.3 Å². The van der Waals surface area contributed by atoms with Crippen LogP contribution in [0.2, 0.25) is 0 Å². The zero-order valence-electron chi connectivity index (χ0n) is 11.4. The van der Waals surface area contributed by atoms with Crippen molar-refractivity contribution >= 4 is 17.4 Å². The zero-order chi connectivity index (χ0) is 13.5. The first-order chi connectivity index (χ1) is 8.60. The third-order valence-electron chi connectivity index (χ3n) is 2.69. The summed E-state index contributed by atoms with van der Waals surface area (Å²) in [6.07, 6.45) is 1.39. The SMILES string of the molecule is CCCNC(=O)CCNc1c(N)c(C)nn1CC. The quantitative estimate of drug-likeness (QED) is 0.680. The highest BCUT2D eigenvalue weighted by Crippen LogP contribution is 2.21. The van der Waals surface area contributed by atoms with Gasteiger partial charge in [-0.25, -0.2) is 4.68 Å². The molecule has 4 N–H and O–H groups in total. The fourth-order valence-electron chi connectivity index (χ4n) is 1.66. The number of hydrogen-bond donors (Lipinski definition) is 3. The number of hydrogen-bond acceptors (Lipinski definition) is 4. The molecule has 0 aliphatic carbocycles. The molecule has 0 saturated carbocycles. The van der Waals surface area contributed by atoms with Gasteiger partial charge in [0, 0.05) is 26.1 Å². The molecule has 0 aliphatic rings. The van der Waals surface area contributed by atoms with Crippen LogP contribution in [-0.4, -0.2) is 28.8 Å². The molecule has 0 fully saturated rings. The molecule has 1 heterocycles. The Morgan fingerprint density at radius 1 is 1.39 bits per heavy atom. The molecule has 1 aromatic heterocycles. The lowest BCUT2D eigenvalue weighted by Crippen LogP contribution is -2.26. The molecule has 0 saturated heterocycles. The largest absolute Gasteiger partial charge is 0.394 e. The van der Waals surface area contributed by atoms with Crippen molar-refractivity contribution < 1.29 is 4.79 Å². The number of nitrogens with zero attached hydrogens (tertiary/aromatic N) is 2. The van der Waals surface area contributed by atoms with E-state index in [1.54, 1.807) is 0 Å². The molecule has 0 unspecified atom stereocenters. The van der Waals surface area contributed by atoms with Gasteiger partial charge in [0.25, 0.3) is 0 Å². The summed E-state index contributed by atoms with van der Waals surface area (Å²) in [5, 5.41) is 10.3. The third kappa shape index (κ3) is 3.65. The van der Waals surface area contributed by atoms with Crippen LogP contribution in [0.25, 0.3) is 0 Å². The average molecular weight is 253 g/mol. The molecule has 1 rings (SSSR count). The minimum Gasteiger partial charge on any atom is -0.394 e. The Hall–Kier alpha value is -1.72. The van der Waals surface area contributed by atoms with E-state index in [1.165, 1.54) is 0 Å². The topological polar surface area (TPSA) is 85.0 Å². The summed E-state index contributed by atoms with van der Waals surface area (Å²) in [6, 6.07) is 0. The Bertz CT molecular complexity index is 399. The molecule has 0 aromatic carbocycles. The second-order valence-electron chi connectivity index (χ2n) is 4.19. The smallest absolute Gasteiger partial charge is 0.221 e. The standard InChI is InChI=1S/C12H23N5O/c1-4-7-14-10(18)6-8-15-12-11(13)9(3)16-17(12)5-2/h15H,4-8,13H2,1-3H3,(H,14,18). The molecule has 18 heavy (non-hydrogen) atoms. The number of aromatic nitrogens is 2. The fourth-order valence-corrected chi connectivity index (χ4v) is 1.66. The van der Waals surface area contributed by atoms with Crippen molar-refractivity contribution in [2.45, 2.75) is 40.2 Å². The lowest BCUT2D eigenvalue weighted by atomic mass is 10.3. The molecule has 0 spiro atoms. The first kappa shape index (κ1) is 14.3. The van der Waals surface area contributed by atoms with Crippen LogP contribution in [-0.2, 0) is 11.3 Å². The predicted molar refractivity (Wildman–Crippen MR) is 73.5 cm³/mol. The molecule has 0 atom stereocenters. The van der Waals surface area contributed by atoms with Gasteiger partial charge in [0.2, 0.25) is 5.91 Å². The van der Waals surface area contributed by atoms with Gasteiger partial charge in [0.05, 0.1) is 11.4 Å². The first-order valence-electron chi connectivity index (χ1n) is 6.43. The normalized spacial score (nSPS) is 10.4. The van der Waals surface area contributed by atoms with Crippen LogP contribution in [0.5, 0.6) is 0 Å². The van der Waals surface area contributed by atoms with Crippen molar-refractivity contribution in [1.82, 2.24) is 15.1 Å². The minimum absolute atomic E-state index is 0.0576. The molecule has 0 radical (unpaired) electrons. The Kier molecular flexibility index (Phi) is 5.48. The lowest BCUT2D eigenvalue weighted by molar-refractivity contribution is -0.120. The zero-order valence-corrected chi connectivity index (χ0v) is 11.4. The molecule has 0 aliphatic heterocycles. The van der Waals surface area contributed by atoms with Crippen LogP contribution in [0.3, 0.4) is 0 Å². The van der Waals surface area contributed by atoms with Crippen LogP contribution in [0.15, 0.2) is 0 Å². The molecule has 1 amide bonds. The van der Waals surface area contributed by atoms with Crippen molar-refractivity contribution in [3.8, 4) is 0 Å². The van der Waals surface area contributed by atoms with Crippen LogP contribution in [0.1, 0.15) is 32.4 Å². The maximum Gasteiger partial charge on any atom is 0.221 e. The highest BCUT2D eigenvalue weighted by Gasteiger charge is 2.11. The van der Waals surface area contributed by atoms with Crippen LogP contribution in [0, 0.1) is 6.92 Å². The second-order valence-corrected chi connectivity index (χ2v) is 4.19. The number of rotatable bonds is 7. The maximum atomic E-state index is 11.4. The van der Waals surface area contributed by atoms with E-state index in [1.807, 2.05) is 25.5 Å². The number of aryl methyl sites for hydroxylation is 2. The molecular weight excluding hydrogens is 230 g/mol. The van der Waals surface area contributed by atoms with Crippen molar-refractivity contribution in [2.75, 3.05) is 24.1 Å². The fraction of sp³-hybridized carbons (Fsp3) is 0.667. The summed E-state index contributed by atoms with van der Waals surface area (Å²) in [5.74, 6) is 0.862. The Balaban J connectivity index is 2.46. The summed E-state index contributed by atoms with van der Waals surface area (Å²) in [7, 11) is 0. The number of nitrogen functional groups attached to an aromatic ring is 1. The second kappa shape index (κ2) is 6.88. The molecule has 102 valence electrons. The van der Waals surface area contributed by atoms with Gasteiger partial charge in [0.1, 0.15) is 5.82 Å². The van der Waals surface area contributed by atoms with E-state index >= 15 is 0 Å². The number of nitrogens with one attached hydrogen (secondary N) is 2. The monoisotopic (exact) mass is 253 g/mol. The van der Waals surface area contributed by atoms with Crippen LogP contribution >= 0.6 is 0 Å². The maximum absolute atomic E-state index is 11.4. The summed E-state index contributed by atoms with van der Waals surface area (Å²) in [4.78, 5) is 11.4. The van der Waals surface area contributed by atoms with Gasteiger partial charge in [-0.2, -0.15) is 5.10 Å². The third-order valence-corrected chi connectivity index (χ3v) is 2.69. The molecule has 0 bridgehead atoms. The summed E-state index contributed by atoms with van der Waals surface area (Å²) in [6.45, 7) is 7.95. The van der Waals surface area contributed by atoms with E-state index in [-0.39, 0.29) is 5.91 Å². The highest BCUT2D eigenvalue weighted by molar-refractivity contribution is 5.76. The minimum atomic E-state index is 0.0576. The van der Waals surface area contributed by atoms with Gasteiger partial charge in [-0.15, -0.1) is 0 Å². The van der Waals surface area contributed by atoms with Gasteiger partial charge in [-0.1, -0.05) is 6.92 Å². The van der Waals surface area contributed by atoms with E-state index in [2.05, 4.69) is 15.7 Å². The molecule has 6 nitrogen and oxygen atoms in total. The Morgan fingerprint density at radius 2 is 2.11 bits per heavy atom. The van der Waals surface area contributed by atoms with Gasteiger partial charge >= 0.3 is 0 Å². The van der Waals surface area contributed by atoms with Crippen molar-refractivity contribution in [2.24, 2.45) is 0 Å². The van der Waals surface area contributed by atoms with E-state index in [4.69, 9.17) is 5.73 Å².